The van der Waals surface area contributed by atoms with Crippen molar-refractivity contribution >= 4 is 12.4 Å². The Labute approximate surface area is 95.8 Å². The monoisotopic (exact) mass is 229 g/mol. The highest BCUT2D eigenvalue weighted by molar-refractivity contribution is 5.85. The Morgan fingerprint density at radius 2 is 2.40 bits per heavy atom. The number of aryl methyl sites for hydroxylation is 1. The number of hydrogen-bond donors (Lipinski definition) is 1. The molecule has 0 spiro atoms. The molecule has 15 heavy (non-hydrogen) atoms. The van der Waals surface area contributed by atoms with Gasteiger partial charge in [0.2, 0.25) is 0 Å². The molecule has 0 aromatic carbocycles. The number of hydrogen-bond acceptors (Lipinski definition) is 4. The predicted molar refractivity (Wildman–Crippen MR) is 60.7 cm³/mol. The van der Waals surface area contributed by atoms with E-state index in [1.54, 1.807) is 5.01 Å². The molecule has 0 bridgehead atoms. The van der Waals surface area contributed by atoms with Gasteiger partial charge in [-0.15, -0.1) is 12.4 Å². The molecule has 1 atom stereocenters. The second-order valence-corrected chi connectivity index (χ2v) is 3.58. The Morgan fingerprint density at radius 1 is 1.60 bits per heavy atom. The van der Waals surface area contributed by atoms with Crippen LogP contribution in [0, 0.1) is 6.92 Å². The largest absolute Gasteiger partial charge is 0.371 e. The van der Waals surface area contributed by atoms with Gasteiger partial charge < -0.3 is 4.74 Å². The summed E-state index contributed by atoms with van der Waals surface area (Å²) in [5, 5.41) is 1.80. The number of ether oxygens (including phenoxy) is 1. The molecular weight excluding hydrogens is 214 g/mol. The molecule has 4 nitrogen and oxygen atoms in total. The molecule has 2 N–H and O–H groups in total. The van der Waals surface area contributed by atoms with E-state index in [2.05, 4.69) is 4.98 Å². The standard InChI is InChI=1S/C10H15N3O.ClH/c1-8-6-9(2-3-12-8)10-7-13(11)4-5-14-10;/h2-3,6,10H,4-5,7,11H2,1H3;1H. The highest BCUT2D eigenvalue weighted by atomic mass is 35.5. The van der Waals surface area contributed by atoms with E-state index in [0.717, 1.165) is 24.3 Å². The van der Waals surface area contributed by atoms with Crippen LogP contribution in [0.25, 0.3) is 0 Å². The SMILES string of the molecule is Cc1cc(C2CN(N)CCO2)ccn1.Cl. The Hall–Kier alpha value is -0.680. The Morgan fingerprint density at radius 3 is 3.07 bits per heavy atom. The number of aromatic nitrogens is 1. The lowest BCUT2D eigenvalue weighted by molar-refractivity contribution is -0.0304. The van der Waals surface area contributed by atoms with E-state index in [1.807, 2.05) is 25.3 Å². The van der Waals surface area contributed by atoms with Gasteiger partial charge in [-0.1, -0.05) is 0 Å². The first-order chi connectivity index (χ1) is 6.75. The van der Waals surface area contributed by atoms with Gasteiger partial charge in [0, 0.05) is 25.0 Å². The van der Waals surface area contributed by atoms with Gasteiger partial charge in [-0.25, -0.2) is 5.01 Å². The lowest BCUT2D eigenvalue weighted by Crippen LogP contribution is -2.42. The molecule has 1 aromatic heterocycles. The molecule has 1 unspecified atom stereocenters. The third kappa shape index (κ3) is 3.14. The van der Waals surface area contributed by atoms with E-state index in [4.69, 9.17) is 10.6 Å². The van der Waals surface area contributed by atoms with Crippen LogP contribution in [-0.4, -0.2) is 29.7 Å². The van der Waals surface area contributed by atoms with Crippen molar-refractivity contribution in [3.05, 3.63) is 29.6 Å². The zero-order chi connectivity index (χ0) is 9.97. The van der Waals surface area contributed by atoms with Crippen molar-refractivity contribution in [3.63, 3.8) is 0 Å². The maximum atomic E-state index is 5.74. The lowest BCUT2D eigenvalue weighted by atomic mass is 10.1. The Kier molecular flexibility index (Phi) is 4.47. The topological polar surface area (TPSA) is 51.4 Å². The van der Waals surface area contributed by atoms with Crippen LogP contribution >= 0.6 is 12.4 Å². The first kappa shape index (κ1) is 12.4. The average Bonchev–Trinajstić information content (AvgIpc) is 2.18. The van der Waals surface area contributed by atoms with E-state index in [-0.39, 0.29) is 18.5 Å². The van der Waals surface area contributed by atoms with E-state index < -0.39 is 0 Å². The normalized spacial score (nSPS) is 22.1. The maximum Gasteiger partial charge on any atom is 0.0967 e. The molecule has 1 fully saturated rings. The smallest absolute Gasteiger partial charge is 0.0967 e. The fourth-order valence-corrected chi connectivity index (χ4v) is 1.64. The second kappa shape index (κ2) is 5.42. The molecule has 1 aliphatic heterocycles. The predicted octanol–water partition coefficient (Wildman–Crippen LogP) is 1.06. The number of nitrogens with two attached hydrogens (primary N) is 1. The summed E-state index contributed by atoms with van der Waals surface area (Å²) in [6.45, 7) is 4.24. The first-order valence-corrected chi connectivity index (χ1v) is 4.79. The summed E-state index contributed by atoms with van der Waals surface area (Å²) in [6.07, 6.45) is 1.90. The fourth-order valence-electron chi connectivity index (χ4n) is 1.64. The number of morpholine rings is 1. The highest BCUT2D eigenvalue weighted by Crippen LogP contribution is 2.20. The lowest BCUT2D eigenvalue weighted by Gasteiger charge is -2.29. The number of pyridine rings is 1. The van der Waals surface area contributed by atoms with E-state index >= 15 is 0 Å². The summed E-state index contributed by atoms with van der Waals surface area (Å²) in [6, 6.07) is 4.03. The summed E-state index contributed by atoms with van der Waals surface area (Å²) in [4.78, 5) is 4.15. The van der Waals surface area contributed by atoms with E-state index in [0.29, 0.717) is 6.61 Å². The van der Waals surface area contributed by atoms with Gasteiger partial charge >= 0.3 is 0 Å². The van der Waals surface area contributed by atoms with Crippen LogP contribution in [0.2, 0.25) is 0 Å². The second-order valence-electron chi connectivity index (χ2n) is 3.58. The van der Waals surface area contributed by atoms with Crippen LogP contribution in [0.1, 0.15) is 17.4 Å². The van der Waals surface area contributed by atoms with Gasteiger partial charge in [-0.3, -0.25) is 10.8 Å². The van der Waals surface area contributed by atoms with Gasteiger partial charge in [-0.05, 0) is 24.6 Å². The Bertz CT molecular complexity index is 321. The summed E-state index contributed by atoms with van der Waals surface area (Å²) >= 11 is 0. The van der Waals surface area contributed by atoms with Crippen molar-refractivity contribution in [2.75, 3.05) is 19.7 Å². The molecule has 2 heterocycles. The minimum Gasteiger partial charge on any atom is -0.371 e. The summed E-state index contributed by atoms with van der Waals surface area (Å²) in [5.74, 6) is 5.74. The van der Waals surface area contributed by atoms with Gasteiger partial charge in [0.15, 0.2) is 0 Å². The van der Waals surface area contributed by atoms with Crippen LogP contribution in [0.3, 0.4) is 0 Å². The molecule has 1 aliphatic rings. The third-order valence-electron chi connectivity index (χ3n) is 2.39. The summed E-state index contributed by atoms with van der Waals surface area (Å²) in [7, 11) is 0. The van der Waals surface area contributed by atoms with Gasteiger partial charge in [0.1, 0.15) is 0 Å². The molecule has 0 amide bonds. The first-order valence-electron chi connectivity index (χ1n) is 4.79. The van der Waals surface area contributed by atoms with E-state index in [9.17, 15) is 0 Å². The molecule has 2 rings (SSSR count). The van der Waals surface area contributed by atoms with Crippen LogP contribution < -0.4 is 5.84 Å². The number of rotatable bonds is 1. The zero-order valence-corrected chi connectivity index (χ0v) is 9.54. The van der Waals surface area contributed by atoms with Gasteiger partial charge in [0.05, 0.1) is 12.7 Å². The minimum atomic E-state index is 0. The Balaban J connectivity index is 0.00000112. The third-order valence-corrected chi connectivity index (χ3v) is 2.39. The molecule has 5 heteroatoms. The quantitative estimate of drug-likeness (QED) is 0.732. The van der Waals surface area contributed by atoms with E-state index in [1.165, 1.54) is 0 Å². The van der Waals surface area contributed by atoms with Gasteiger partial charge in [-0.2, -0.15) is 0 Å². The van der Waals surface area contributed by atoms with Crippen molar-refractivity contribution < 1.29 is 4.74 Å². The summed E-state index contributed by atoms with van der Waals surface area (Å²) in [5.41, 5.74) is 2.17. The van der Waals surface area contributed by atoms with Crippen LogP contribution in [0.4, 0.5) is 0 Å². The number of halogens is 1. The van der Waals surface area contributed by atoms with Crippen molar-refractivity contribution in [1.29, 1.82) is 0 Å². The van der Waals surface area contributed by atoms with Crippen molar-refractivity contribution in [2.45, 2.75) is 13.0 Å². The average molecular weight is 230 g/mol. The molecular formula is C10H16ClN3O. The number of hydrazine groups is 1. The van der Waals surface area contributed by atoms with Crippen molar-refractivity contribution in [1.82, 2.24) is 9.99 Å². The summed E-state index contributed by atoms with van der Waals surface area (Å²) < 4.78 is 5.64. The van der Waals surface area contributed by atoms with Crippen molar-refractivity contribution in [3.8, 4) is 0 Å². The molecule has 1 aromatic rings. The van der Waals surface area contributed by atoms with Crippen LogP contribution in [-0.2, 0) is 4.74 Å². The molecule has 1 saturated heterocycles. The van der Waals surface area contributed by atoms with Gasteiger partial charge in [0.25, 0.3) is 0 Å². The van der Waals surface area contributed by atoms with Crippen molar-refractivity contribution in [2.24, 2.45) is 5.84 Å². The highest BCUT2D eigenvalue weighted by Gasteiger charge is 2.19. The van der Waals surface area contributed by atoms with Crippen LogP contribution in [0.5, 0.6) is 0 Å². The minimum absolute atomic E-state index is 0. The molecule has 0 saturated carbocycles. The fraction of sp³-hybridized carbons (Fsp3) is 0.500. The molecule has 0 radical (unpaired) electrons. The van der Waals surface area contributed by atoms with Crippen LogP contribution in [0.15, 0.2) is 18.3 Å². The maximum absolute atomic E-state index is 5.74. The number of nitrogens with zero attached hydrogens (tertiary/aromatic N) is 2. The molecule has 0 aliphatic carbocycles. The zero-order valence-electron chi connectivity index (χ0n) is 8.72. The molecule has 84 valence electrons.